The summed E-state index contributed by atoms with van der Waals surface area (Å²) >= 11 is 12.2. The highest BCUT2D eigenvalue weighted by atomic mass is 35.5. The van der Waals surface area contributed by atoms with E-state index < -0.39 is 11.9 Å². The Balaban J connectivity index is 1.38. The Kier molecular flexibility index (Phi) is 7.29. The summed E-state index contributed by atoms with van der Waals surface area (Å²) < 4.78 is 11.5. The number of carboxylic acids is 1. The molecule has 176 valence electrons. The summed E-state index contributed by atoms with van der Waals surface area (Å²) in [6, 6.07) is 14.8. The zero-order chi connectivity index (χ0) is 24.2. The van der Waals surface area contributed by atoms with Crippen molar-refractivity contribution in [2.75, 3.05) is 6.61 Å². The Morgan fingerprint density at radius 2 is 1.82 bits per heavy atom. The third-order valence-electron chi connectivity index (χ3n) is 5.70. The number of fused-ring (bicyclic) bond motifs is 1. The van der Waals surface area contributed by atoms with Gasteiger partial charge in [-0.25, -0.2) is 0 Å². The Morgan fingerprint density at radius 3 is 2.53 bits per heavy atom. The Labute approximate surface area is 206 Å². The smallest absolute Gasteiger partial charge is 0.311 e. The second kappa shape index (κ2) is 10.4. The van der Waals surface area contributed by atoms with Crippen molar-refractivity contribution in [1.29, 1.82) is 0 Å². The number of carbonyl (C=O) groups is 2. The van der Waals surface area contributed by atoms with Crippen molar-refractivity contribution in [2.24, 2.45) is 0 Å². The molecule has 1 aliphatic heterocycles. The maximum atomic E-state index is 12.5. The lowest BCUT2D eigenvalue weighted by molar-refractivity contribution is -0.139. The van der Waals surface area contributed by atoms with Crippen LogP contribution in [0.2, 0.25) is 10.0 Å². The Hall–Kier alpha value is -3.22. The fourth-order valence-electron chi connectivity index (χ4n) is 3.89. The van der Waals surface area contributed by atoms with Crippen molar-refractivity contribution >= 4 is 35.0 Å². The number of aliphatic carboxylic acids is 1. The first-order chi connectivity index (χ1) is 16.3. The minimum atomic E-state index is -0.917. The van der Waals surface area contributed by atoms with Crippen molar-refractivity contribution < 1.29 is 29.3 Å². The van der Waals surface area contributed by atoms with Crippen LogP contribution >= 0.6 is 23.2 Å². The quantitative estimate of drug-likeness (QED) is 0.336. The first-order valence-electron chi connectivity index (χ1n) is 10.8. The van der Waals surface area contributed by atoms with E-state index in [1.807, 2.05) is 0 Å². The summed E-state index contributed by atoms with van der Waals surface area (Å²) in [5.74, 6) is -0.199. The van der Waals surface area contributed by atoms with Gasteiger partial charge >= 0.3 is 5.97 Å². The van der Waals surface area contributed by atoms with Gasteiger partial charge in [-0.2, -0.15) is 0 Å². The number of ketones is 1. The number of carbonyl (C=O) groups excluding carboxylic acids is 1. The molecule has 0 fully saturated rings. The lowest BCUT2D eigenvalue weighted by Crippen LogP contribution is -2.20. The molecule has 6 nitrogen and oxygen atoms in total. The molecule has 3 aromatic rings. The predicted molar refractivity (Wildman–Crippen MR) is 129 cm³/mol. The number of aromatic hydroxyl groups is 1. The molecule has 1 heterocycles. The summed E-state index contributed by atoms with van der Waals surface area (Å²) in [6.45, 7) is 0.305. The molecule has 0 radical (unpaired) electrons. The van der Waals surface area contributed by atoms with Crippen LogP contribution in [-0.2, 0) is 11.2 Å². The molecule has 2 N–H and O–H groups in total. The first-order valence-corrected chi connectivity index (χ1v) is 11.5. The molecule has 0 aromatic heterocycles. The molecule has 0 saturated heterocycles. The van der Waals surface area contributed by atoms with Gasteiger partial charge in [-0.15, -0.1) is 0 Å². The first kappa shape index (κ1) is 23.9. The highest BCUT2D eigenvalue weighted by Crippen LogP contribution is 2.41. The van der Waals surface area contributed by atoms with Gasteiger partial charge in [0.1, 0.15) is 23.0 Å². The molecule has 34 heavy (non-hydrogen) atoms. The number of benzene rings is 3. The van der Waals surface area contributed by atoms with E-state index in [1.165, 1.54) is 6.07 Å². The zero-order valence-corrected chi connectivity index (χ0v) is 19.6. The summed E-state index contributed by atoms with van der Waals surface area (Å²) in [7, 11) is 0. The summed E-state index contributed by atoms with van der Waals surface area (Å²) in [5.41, 5.74) is 1.84. The fraction of sp³-hybridized carbons (Fsp3) is 0.231. The second-order valence-corrected chi connectivity index (χ2v) is 8.87. The van der Waals surface area contributed by atoms with Crippen LogP contribution in [-0.4, -0.2) is 28.6 Å². The number of rotatable bonds is 8. The maximum absolute atomic E-state index is 12.5. The molecule has 4 rings (SSSR count). The van der Waals surface area contributed by atoms with Gasteiger partial charge in [-0.3, -0.25) is 9.59 Å². The van der Waals surface area contributed by atoms with Crippen LogP contribution in [0.5, 0.6) is 23.0 Å². The Morgan fingerprint density at radius 1 is 1.06 bits per heavy atom. The van der Waals surface area contributed by atoms with Gasteiger partial charge in [0.2, 0.25) is 0 Å². The van der Waals surface area contributed by atoms with Crippen LogP contribution in [0.15, 0.2) is 54.6 Å². The normalized spacial score (nSPS) is 14.7. The fourth-order valence-corrected chi connectivity index (χ4v) is 4.27. The van der Waals surface area contributed by atoms with E-state index in [4.69, 9.17) is 32.7 Å². The lowest BCUT2D eigenvalue weighted by Gasteiger charge is -2.24. The standard InChI is InChI=1S/C26H22Cl2O6/c27-17-7-4-15(23(30)12-17)2-1-3-22(29)16-5-8-18(9-6-16)34-25-14-24-20(13-21(25)28)19(26(31)32)10-11-33-24/h4-9,12-14,19,30H,1-3,10-11H2,(H,31,32). The second-order valence-electron chi connectivity index (χ2n) is 8.02. The molecule has 0 bridgehead atoms. The molecular weight excluding hydrogens is 479 g/mol. The van der Waals surface area contributed by atoms with Crippen LogP contribution in [0.1, 0.15) is 46.7 Å². The highest BCUT2D eigenvalue weighted by molar-refractivity contribution is 6.32. The summed E-state index contributed by atoms with van der Waals surface area (Å²) in [4.78, 5) is 24.0. The van der Waals surface area contributed by atoms with Crippen molar-refractivity contribution in [3.8, 4) is 23.0 Å². The van der Waals surface area contributed by atoms with Crippen LogP contribution in [0, 0.1) is 0 Å². The van der Waals surface area contributed by atoms with Crippen LogP contribution in [0.25, 0.3) is 0 Å². The molecule has 0 spiro atoms. The van der Waals surface area contributed by atoms with E-state index >= 15 is 0 Å². The average molecular weight is 501 g/mol. The van der Waals surface area contributed by atoms with Gasteiger partial charge in [-0.05, 0) is 67.3 Å². The van der Waals surface area contributed by atoms with E-state index in [0.29, 0.717) is 65.7 Å². The molecule has 0 saturated carbocycles. The largest absolute Gasteiger partial charge is 0.508 e. The van der Waals surface area contributed by atoms with E-state index in [1.54, 1.807) is 48.5 Å². The molecular formula is C26H22Cl2O6. The number of Topliss-reactive ketones (excluding diaryl/α,β-unsaturated/α-hetero) is 1. The third kappa shape index (κ3) is 5.46. The van der Waals surface area contributed by atoms with Crippen LogP contribution in [0.4, 0.5) is 0 Å². The van der Waals surface area contributed by atoms with Gasteiger partial charge in [0.15, 0.2) is 5.78 Å². The van der Waals surface area contributed by atoms with Gasteiger partial charge in [0.25, 0.3) is 0 Å². The zero-order valence-electron chi connectivity index (χ0n) is 18.1. The highest BCUT2D eigenvalue weighted by Gasteiger charge is 2.29. The monoisotopic (exact) mass is 500 g/mol. The topological polar surface area (TPSA) is 93.1 Å². The molecule has 3 aromatic carbocycles. The number of hydrogen-bond acceptors (Lipinski definition) is 5. The van der Waals surface area contributed by atoms with E-state index in [9.17, 15) is 19.8 Å². The minimum Gasteiger partial charge on any atom is -0.508 e. The average Bonchev–Trinajstić information content (AvgIpc) is 2.81. The van der Waals surface area contributed by atoms with Crippen LogP contribution in [0.3, 0.4) is 0 Å². The predicted octanol–water partition coefficient (Wildman–Crippen LogP) is 6.65. The molecule has 1 atom stereocenters. The number of carboxylic acid groups (broad SMARTS) is 1. The molecule has 0 amide bonds. The molecule has 1 unspecified atom stereocenters. The van der Waals surface area contributed by atoms with E-state index in [0.717, 1.165) is 5.56 Å². The van der Waals surface area contributed by atoms with E-state index in [2.05, 4.69) is 0 Å². The molecule has 8 heteroatoms. The van der Waals surface area contributed by atoms with Crippen molar-refractivity contribution in [1.82, 2.24) is 0 Å². The molecule has 1 aliphatic rings. The summed E-state index contributed by atoms with van der Waals surface area (Å²) in [6.07, 6.45) is 1.88. The van der Waals surface area contributed by atoms with Gasteiger partial charge in [-0.1, -0.05) is 29.3 Å². The van der Waals surface area contributed by atoms with E-state index in [-0.39, 0.29) is 16.6 Å². The molecule has 0 aliphatic carbocycles. The minimum absolute atomic E-state index is 0.0140. The SMILES string of the molecule is O=C(CCCc1ccc(Cl)cc1O)c1ccc(Oc2cc3c(cc2Cl)C(C(=O)O)CCO3)cc1. The number of aryl methyl sites for hydroxylation is 1. The third-order valence-corrected chi connectivity index (χ3v) is 6.23. The van der Waals surface area contributed by atoms with Crippen molar-refractivity contribution in [2.45, 2.75) is 31.6 Å². The number of phenolic OH excluding ortho intramolecular Hbond substituents is 1. The number of halogens is 2. The lowest BCUT2D eigenvalue weighted by atomic mass is 9.93. The van der Waals surface area contributed by atoms with Crippen molar-refractivity contribution in [3.63, 3.8) is 0 Å². The maximum Gasteiger partial charge on any atom is 0.311 e. The summed E-state index contributed by atoms with van der Waals surface area (Å²) in [5, 5.41) is 20.1. The number of hydrogen-bond donors (Lipinski definition) is 2. The van der Waals surface area contributed by atoms with Gasteiger partial charge < -0.3 is 19.7 Å². The van der Waals surface area contributed by atoms with Crippen molar-refractivity contribution in [3.05, 3.63) is 81.3 Å². The number of phenols is 1. The number of ether oxygens (including phenoxy) is 2. The van der Waals surface area contributed by atoms with Crippen LogP contribution < -0.4 is 9.47 Å². The van der Waals surface area contributed by atoms with Gasteiger partial charge in [0.05, 0.1) is 17.5 Å². The van der Waals surface area contributed by atoms with Gasteiger partial charge in [0, 0.05) is 28.6 Å². The Bertz CT molecular complexity index is 1220.